The first-order valence-electron chi connectivity index (χ1n) is 6.89. The minimum absolute atomic E-state index is 0.379. The van der Waals surface area contributed by atoms with Crippen LogP contribution < -0.4 is 10.1 Å². The van der Waals surface area contributed by atoms with Crippen LogP contribution in [-0.2, 0) is 13.1 Å². The number of rotatable bonds is 4. The van der Waals surface area contributed by atoms with Gasteiger partial charge in [-0.2, -0.15) is 13.9 Å². The molecule has 9 heteroatoms. The zero-order valence-corrected chi connectivity index (χ0v) is 11.5. The van der Waals surface area contributed by atoms with Gasteiger partial charge < -0.3 is 10.1 Å². The molecule has 2 heterocycles. The molecule has 3 rings (SSSR count). The van der Waals surface area contributed by atoms with Gasteiger partial charge in [-0.1, -0.05) is 0 Å². The summed E-state index contributed by atoms with van der Waals surface area (Å²) in [5.74, 6) is -0.676. The summed E-state index contributed by atoms with van der Waals surface area (Å²) in [6, 6.07) is 2.23. The Bertz CT molecular complexity index is 767. The fourth-order valence-corrected chi connectivity index (χ4v) is 2.40. The van der Waals surface area contributed by atoms with E-state index in [-0.39, 0.29) is 0 Å². The number of alkyl halides is 2. The third-order valence-corrected chi connectivity index (χ3v) is 3.39. The summed E-state index contributed by atoms with van der Waals surface area (Å²) in [6.45, 7) is -1.42. The molecule has 0 spiro atoms. The zero-order chi connectivity index (χ0) is 16.8. The van der Waals surface area contributed by atoms with Crippen LogP contribution in [0.4, 0.5) is 14.5 Å². The molecule has 1 aromatic heterocycles. The quantitative estimate of drug-likeness (QED) is 0.692. The van der Waals surface area contributed by atoms with Crippen LogP contribution in [0.1, 0.15) is 18.2 Å². The highest BCUT2D eigenvalue weighted by Crippen LogP contribution is 2.33. The van der Waals surface area contributed by atoms with E-state index in [1.165, 1.54) is 4.68 Å². The largest absolute Gasteiger partial charge is 0.427 e. The van der Waals surface area contributed by atoms with Crippen molar-refractivity contribution in [3.63, 3.8) is 0 Å². The van der Waals surface area contributed by atoms with Crippen LogP contribution in [0, 0.1) is 17.0 Å². The molecule has 0 bridgehead atoms. The summed E-state index contributed by atoms with van der Waals surface area (Å²) in [5, 5.41) is 18.5. The van der Waals surface area contributed by atoms with Crippen molar-refractivity contribution in [2.75, 3.05) is 0 Å². The van der Waals surface area contributed by atoms with Crippen LogP contribution in [0.5, 0.6) is 5.75 Å². The van der Waals surface area contributed by atoms with Crippen molar-refractivity contribution in [3.05, 3.63) is 45.3 Å². The molecule has 7 nitrogen and oxygen atoms in total. The van der Waals surface area contributed by atoms with Crippen LogP contribution in [-0.4, -0.2) is 21.3 Å². The summed E-state index contributed by atoms with van der Waals surface area (Å²) >= 11 is 0. The molecular formula is C13H12F2N4O3. The van der Waals surface area contributed by atoms with E-state index in [1.807, 2.05) is 0 Å². The maximum absolute atomic E-state index is 12.8. The molecule has 1 aliphatic heterocycles. The first kappa shape index (κ1) is 13.1. The van der Waals surface area contributed by atoms with Crippen molar-refractivity contribution in [2.24, 2.45) is 0 Å². The molecular weight excluding hydrogens is 298 g/mol. The maximum Gasteiger partial charge on any atom is 0.387 e. The molecule has 0 amide bonds. The van der Waals surface area contributed by atoms with E-state index < -0.39 is 22.9 Å². The van der Waals surface area contributed by atoms with E-state index in [1.54, 1.807) is 13.1 Å². The van der Waals surface area contributed by atoms with Crippen molar-refractivity contribution >= 4 is 5.69 Å². The molecule has 1 N–H and O–H groups in total. The topological polar surface area (TPSA) is 82.2 Å². The van der Waals surface area contributed by atoms with Gasteiger partial charge in [-0.15, -0.1) is 0 Å². The first-order chi connectivity index (χ1) is 10.7. The molecule has 22 heavy (non-hydrogen) atoms. The van der Waals surface area contributed by atoms with E-state index in [0.29, 0.717) is 24.3 Å². The highest BCUT2D eigenvalue weighted by Gasteiger charge is 2.23. The third kappa shape index (κ3) is 2.50. The van der Waals surface area contributed by atoms with Gasteiger partial charge in [0.2, 0.25) is 5.75 Å². The average Bonchev–Trinajstić information content (AvgIpc) is 2.99. The maximum atomic E-state index is 12.8. The number of nitrogens with one attached hydrogen (secondary N) is 1. The van der Waals surface area contributed by atoms with Gasteiger partial charge in [-0.05, 0) is 12.5 Å². The minimum atomic E-state index is -4.27. The number of nitro benzene ring substituents is 1. The van der Waals surface area contributed by atoms with Gasteiger partial charge in [0, 0.05) is 37.0 Å². The van der Waals surface area contributed by atoms with E-state index >= 15 is 0 Å². The van der Waals surface area contributed by atoms with Crippen LogP contribution in [0.2, 0.25) is 0 Å². The number of hydrogen-bond acceptors (Lipinski definition) is 5. The zero-order valence-electron chi connectivity index (χ0n) is 12.5. The van der Waals surface area contributed by atoms with Crippen molar-refractivity contribution in [1.82, 2.24) is 15.1 Å². The van der Waals surface area contributed by atoms with Gasteiger partial charge in [-0.25, -0.2) is 4.68 Å². The summed E-state index contributed by atoms with van der Waals surface area (Å²) in [4.78, 5) is 10.2. The summed E-state index contributed by atoms with van der Waals surface area (Å²) in [7, 11) is 0. The Kier molecular flexibility index (Phi) is 3.19. The second kappa shape index (κ2) is 5.34. The predicted octanol–water partition coefficient (Wildman–Crippen LogP) is 2.29. The lowest BCUT2D eigenvalue weighted by Gasteiger charge is -2.11. The Labute approximate surface area is 125 Å². The van der Waals surface area contributed by atoms with E-state index in [2.05, 4.69) is 15.2 Å². The molecule has 0 fully saturated rings. The van der Waals surface area contributed by atoms with E-state index in [9.17, 15) is 18.9 Å². The number of benzene rings is 1. The lowest BCUT2D eigenvalue weighted by Crippen LogP contribution is -2.08. The molecule has 0 radical (unpaired) electrons. The fourth-order valence-electron chi connectivity index (χ4n) is 2.40. The average molecular weight is 311 g/mol. The molecule has 1 aromatic carbocycles. The first-order valence-corrected chi connectivity index (χ1v) is 6.39. The normalized spacial score (nSPS) is 14.6. The standard InChI is InChI=1S/C13H12F2N4O3/c1-7-2-11(19(20)21)12(22-13(14)15)3-10(7)18-6-8-4-16-5-9(8)17-18/h2-3,6,13,16H,4-5H2,1H3/i13D. The van der Waals surface area contributed by atoms with Gasteiger partial charge >= 0.3 is 12.3 Å². The highest BCUT2D eigenvalue weighted by atomic mass is 19.3. The fraction of sp³-hybridized carbons (Fsp3) is 0.308. The molecule has 0 unspecified atom stereocenters. The van der Waals surface area contributed by atoms with Crippen LogP contribution >= 0.6 is 0 Å². The van der Waals surface area contributed by atoms with Gasteiger partial charge in [0.15, 0.2) is 1.37 Å². The van der Waals surface area contributed by atoms with E-state index in [4.69, 9.17) is 1.37 Å². The van der Waals surface area contributed by atoms with Gasteiger partial charge in [-0.3, -0.25) is 10.1 Å². The number of aryl methyl sites for hydroxylation is 1. The second-order valence-electron chi connectivity index (χ2n) is 4.84. The monoisotopic (exact) mass is 311 g/mol. The smallest absolute Gasteiger partial charge is 0.387 e. The Balaban J connectivity index is 2.09. The molecule has 2 aromatic rings. The van der Waals surface area contributed by atoms with Crippen molar-refractivity contribution in [3.8, 4) is 11.4 Å². The Morgan fingerprint density at radius 1 is 1.55 bits per heavy atom. The number of aromatic nitrogens is 2. The minimum Gasteiger partial charge on any atom is -0.427 e. The second-order valence-corrected chi connectivity index (χ2v) is 4.84. The predicted molar refractivity (Wildman–Crippen MR) is 72.1 cm³/mol. The molecule has 116 valence electrons. The van der Waals surface area contributed by atoms with Crippen LogP contribution in [0.25, 0.3) is 5.69 Å². The molecule has 0 saturated heterocycles. The number of nitro groups is 1. The number of hydrogen-bond donors (Lipinski definition) is 1. The highest BCUT2D eigenvalue weighted by molar-refractivity contribution is 5.57. The number of fused-ring (bicyclic) bond motifs is 1. The SMILES string of the molecule is [2H]C(F)(F)Oc1cc(-n2cc3c(n2)CNC3)c(C)cc1[N+](=O)[O-]. The summed E-state index contributed by atoms with van der Waals surface area (Å²) < 4.78 is 37.7. The van der Waals surface area contributed by atoms with Crippen molar-refractivity contribution < 1.29 is 19.8 Å². The number of nitrogens with zero attached hydrogens (tertiary/aromatic N) is 3. The summed E-state index contributed by atoms with van der Waals surface area (Å²) in [6.07, 6.45) is 1.73. The van der Waals surface area contributed by atoms with Crippen LogP contribution in [0.3, 0.4) is 0 Å². The van der Waals surface area contributed by atoms with Crippen LogP contribution in [0.15, 0.2) is 18.3 Å². The number of halogens is 2. The third-order valence-electron chi connectivity index (χ3n) is 3.39. The Morgan fingerprint density at radius 3 is 2.95 bits per heavy atom. The Morgan fingerprint density at radius 2 is 2.32 bits per heavy atom. The lowest BCUT2D eigenvalue weighted by atomic mass is 10.1. The molecule has 0 atom stereocenters. The van der Waals surface area contributed by atoms with Gasteiger partial charge in [0.25, 0.3) is 0 Å². The molecule has 0 aliphatic carbocycles. The van der Waals surface area contributed by atoms with Crippen molar-refractivity contribution in [1.29, 1.82) is 0 Å². The van der Waals surface area contributed by atoms with Gasteiger partial charge in [0.1, 0.15) is 0 Å². The van der Waals surface area contributed by atoms with Crippen molar-refractivity contribution in [2.45, 2.75) is 26.6 Å². The Hall–Kier alpha value is -2.55. The van der Waals surface area contributed by atoms with E-state index in [0.717, 1.165) is 23.4 Å². The molecule has 0 saturated carbocycles. The summed E-state index contributed by atoms with van der Waals surface area (Å²) in [5.41, 5.74) is 2.03. The molecule has 1 aliphatic rings. The van der Waals surface area contributed by atoms with Gasteiger partial charge in [0.05, 0.1) is 16.3 Å². The number of ether oxygens (including phenoxy) is 1. The lowest BCUT2D eigenvalue weighted by molar-refractivity contribution is -0.386.